The van der Waals surface area contributed by atoms with Gasteiger partial charge < -0.3 is 14.5 Å². The maximum Gasteiger partial charge on any atom is 0.253 e. The van der Waals surface area contributed by atoms with Crippen LogP contribution in [-0.2, 0) is 10.0 Å². The van der Waals surface area contributed by atoms with E-state index in [1.54, 1.807) is 42.7 Å². The Hall–Kier alpha value is -4.10. The van der Waals surface area contributed by atoms with Crippen LogP contribution < -0.4 is 9.64 Å². The molecule has 13 heteroatoms. The van der Waals surface area contributed by atoms with Crippen LogP contribution in [0.4, 0.5) is 5.82 Å². The van der Waals surface area contributed by atoms with Crippen LogP contribution in [0.25, 0.3) is 16.9 Å². The molecule has 0 aliphatic carbocycles. The Bertz CT molecular complexity index is 1560. The van der Waals surface area contributed by atoms with Crippen molar-refractivity contribution in [1.29, 1.82) is 0 Å². The predicted molar refractivity (Wildman–Crippen MR) is 146 cm³/mol. The number of piperazine rings is 1. The number of ether oxygens (including phenoxy) is 1. The maximum atomic E-state index is 13.2. The summed E-state index contributed by atoms with van der Waals surface area (Å²) in [6.07, 6.45) is 1.49. The molecule has 2 aromatic heterocycles. The van der Waals surface area contributed by atoms with E-state index in [4.69, 9.17) is 4.74 Å². The van der Waals surface area contributed by atoms with Crippen molar-refractivity contribution in [2.24, 2.45) is 0 Å². The first kappa shape index (κ1) is 26.5. The zero-order valence-corrected chi connectivity index (χ0v) is 22.9. The number of aromatic nitrogens is 5. The van der Waals surface area contributed by atoms with Gasteiger partial charge in [0, 0.05) is 44.8 Å². The highest BCUT2D eigenvalue weighted by atomic mass is 32.2. The fourth-order valence-electron chi connectivity index (χ4n) is 4.65. The summed E-state index contributed by atoms with van der Waals surface area (Å²) in [5.41, 5.74) is 2.42. The van der Waals surface area contributed by atoms with E-state index in [9.17, 15) is 13.2 Å². The lowest BCUT2D eigenvalue weighted by molar-refractivity contribution is 0.0746. The van der Waals surface area contributed by atoms with Crippen LogP contribution in [0.1, 0.15) is 24.2 Å². The molecule has 5 rings (SSSR count). The molecule has 12 nitrogen and oxygen atoms in total. The topological polar surface area (TPSA) is 127 Å². The van der Waals surface area contributed by atoms with Crippen LogP contribution in [0, 0.1) is 0 Å². The lowest BCUT2D eigenvalue weighted by atomic mass is 10.2. The normalized spacial score (nSPS) is 14.3. The summed E-state index contributed by atoms with van der Waals surface area (Å²) < 4.78 is 33.8. The smallest absolute Gasteiger partial charge is 0.253 e. The van der Waals surface area contributed by atoms with E-state index in [1.165, 1.54) is 22.8 Å². The minimum Gasteiger partial charge on any atom is -0.497 e. The third-order valence-electron chi connectivity index (χ3n) is 6.85. The van der Waals surface area contributed by atoms with Crippen molar-refractivity contribution in [3.05, 3.63) is 60.4 Å². The Morgan fingerprint density at radius 2 is 1.62 bits per heavy atom. The second kappa shape index (κ2) is 10.9. The molecule has 0 saturated carbocycles. The highest BCUT2D eigenvalue weighted by Gasteiger charge is 2.27. The Labute approximate surface area is 226 Å². The molecular formula is C26H30N8O4S. The van der Waals surface area contributed by atoms with E-state index >= 15 is 0 Å². The molecule has 1 saturated heterocycles. The van der Waals surface area contributed by atoms with Crippen LogP contribution in [0.5, 0.6) is 5.75 Å². The first-order valence-electron chi connectivity index (χ1n) is 12.7. The molecule has 0 radical (unpaired) electrons. The zero-order valence-electron chi connectivity index (χ0n) is 22.1. The quantitative estimate of drug-likeness (QED) is 0.324. The number of rotatable bonds is 8. The van der Waals surface area contributed by atoms with Gasteiger partial charge in [0.05, 0.1) is 17.7 Å². The monoisotopic (exact) mass is 550 g/mol. The van der Waals surface area contributed by atoms with Crippen molar-refractivity contribution in [3.8, 4) is 11.4 Å². The molecule has 3 heterocycles. The van der Waals surface area contributed by atoms with Gasteiger partial charge in [-0.15, -0.1) is 5.10 Å². The van der Waals surface area contributed by atoms with Gasteiger partial charge in [0.25, 0.3) is 5.91 Å². The first-order valence-corrected chi connectivity index (χ1v) is 14.2. The number of carbonyl (C=O) groups is 1. The average Bonchev–Trinajstić information content (AvgIpc) is 3.42. The van der Waals surface area contributed by atoms with E-state index in [1.807, 2.05) is 24.3 Å². The van der Waals surface area contributed by atoms with Crippen molar-refractivity contribution >= 4 is 32.9 Å². The Morgan fingerprint density at radius 1 is 0.949 bits per heavy atom. The lowest BCUT2D eigenvalue weighted by Gasteiger charge is -2.35. The second-order valence-electron chi connectivity index (χ2n) is 8.96. The molecule has 4 aromatic rings. The number of methoxy groups -OCH3 is 1. The molecule has 0 unspecified atom stereocenters. The summed E-state index contributed by atoms with van der Waals surface area (Å²) in [6.45, 7) is 6.46. The number of hydrogen-bond donors (Lipinski definition) is 0. The third kappa shape index (κ3) is 5.02. The average molecular weight is 551 g/mol. The minimum absolute atomic E-state index is 0.139. The summed E-state index contributed by atoms with van der Waals surface area (Å²) in [5.74, 6) is 1.27. The van der Waals surface area contributed by atoms with Crippen LogP contribution in [0.15, 0.2) is 59.8 Å². The van der Waals surface area contributed by atoms with Crippen LogP contribution in [0.2, 0.25) is 0 Å². The van der Waals surface area contributed by atoms with E-state index in [0.717, 1.165) is 11.4 Å². The summed E-state index contributed by atoms with van der Waals surface area (Å²) in [4.78, 5) is 26.0. The van der Waals surface area contributed by atoms with Crippen molar-refractivity contribution in [2.75, 3.05) is 51.3 Å². The Morgan fingerprint density at radius 3 is 2.23 bits per heavy atom. The Balaban J connectivity index is 1.28. The Kier molecular flexibility index (Phi) is 7.44. The summed E-state index contributed by atoms with van der Waals surface area (Å²) in [7, 11) is -1.96. The zero-order chi connectivity index (χ0) is 27.6. The van der Waals surface area contributed by atoms with Gasteiger partial charge in [0.1, 0.15) is 12.1 Å². The molecular weight excluding hydrogens is 520 g/mol. The fourth-order valence-corrected chi connectivity index (χ4v) is 6.11. The highest BCUT2D eigenvalue weighted by molar-refractivity contribution is 7.89. The first-order chi connectivity index (χ1) is 18.9. The minimum atomic E-state index is -3.57. The number of nitrogens with zero attached hydrogens (tertiary/aromatic N) is 8. The van der Waals surface area contributed by atoms with Crippen molar-refractivity contribution in [3.63, 3.8) is 0 Å². The number of anilines is 1. The molecule has 0 bridgehead atoms. The van der Waals surface area contributed by atoms with Gasteiger partial charge in [-0.05, 0) is 48.5 Å². The second-order valence-corrected chi connectivity index (χ2v) is 10.9. The van der Waals surface area contributed by atoms with Gasteiger partial charge in [0.2, 0.25) is 10.0 Å². The molecule has 0 spiro atoms. The molecule has 0 N–H and O–H groups in total. The fraction of sp³-hybridized carbons (Fsp3) is 0.346. The molecule has 0 atom stereocenters. The summed E-state index contributed by atoms with van der Waals surface area (Å²) in [5, 5.41) is 8.64. The number of sulfonamides is 1. The molecule has 1 aliphatic heterocycles. The molecule has 2 aromatic carbocycles. The highest BCUT2D eigenvalue weighted by Crippen LogP contribution is 2.25. The van der Waals surface area contributed by atoms with Gasteiger partial charge in [0.15, 0.2) is 17.0 Å². The molecule has 204 valence electrons. The van der Waals surface area contributed by atoms with Crippen molar-refractivity contribution in [1.82, 2.24) is 34.2 Å². The predicted octanol–water partition coefficient (Wildman–Crippen LogP) is 2.21. The van der Waals surface area contributed by atoms with Gasteiger partial charge in [-0.2, -0.15) is 8.99 Å². The maximum absolute atomic E-state index is 13.2. The number of amides is 1. The van der Waals surface area contributed by atoms with E-state index in [-0.39, 0.29) is 10.8 Å². The molecule has 1 amide bonds. The summed E-state index contributed by atoms with van der Waals surface area (Å²) >= 11 is 0. The van der Waals surface area contributed by atoms with Crippen molar-refractivity contribution < 1.29 is 17.9 Å². The van der Waals surface area contributed by atoms with E-state index in [0.29, 0.717) is 61.8 Å². The molecule has 1 fully saturated rings. The number of carbonyl (C=O) groups excluding carboxylic acids is 1. The summed E-state index contributed by atoms with van der Waals surface area (Å²) in [6, 6.07) is 13.6. The number of hydrogen-bond acceptors (Lipinski definition) is 9. The van der Waals surface area contributed by atoms with E-state index < -0.39 is 10.0 Å². The van der Waals surface area contributed by atoms with Gasteiger partial charge >= 0.3 is 0 Å². The standard InChI is InChI=1S/C26H30N8O4S/c1-4-33(5-2)39(36,37)22-12-6-19(7-13-22)26(35)32-16-14-31(15-17-32)24-23-25(28-18-27-24)34(30-29-23)20-8-10-21(38-3)11-9-20/h6-13,18H,4-5,14-17H2,1-3H3. The SMILES string of the molecule is CCN(CC)S(=O)(=O)c1ccc(C(=O)N2CCN(c3ncnc4c3nnn4-c3ccc(OC)cc3)CC2)cc1. The van der Waals surface area contributed by atoms with Gasteiger partial charge in [-0.3, -0.25) is 4.79 Å². The largest absolute Gasteiger partial charge is 0.497 e. The molecule has 1 aliphatic rings. The van der Waals surface area contributed by atoms with Crippen LogP contribution in [0.3, 0.4) is 0 Å². The van der Waals surface area contributed by atoms with Crippen LogP contribution >= 0.6 is 0 Å². The van der Waals surface area contributed by atoms with Gasteiger partial charge in [-0.25, -0.2) is 18.4 Å². The van der Waals surface area contributed by atoms with Crippen molar-refractivity contribution in [2.45, 2.75) is 18.7 Å². The van der Waals surface area contributed by atoms with Crippen LogP contribution in [-0.4, -0.2) is 94.9 Å². The third-order valence-corrected chi connectivity index (χ3v) is 8.91. The lowest BCUT2D eigenvalue weighted by Crippen LogP contribution is -2.49. The number of benzene rings is 2. The van der Waals surface area contributed by atoms with Gasteiger partial charge in [-0.1, -0.05) is 19.1 Å². The molecule has 39 heavy (non-hydrogen) atoms. The van der Waals surface area contributed by atoms with E-state index in [2.05, 4.69) is 25.2 Å². The number of fused-ring (bicyclic) bond motifs is 1.